The SMILES string of the molecule is CCC1=C(C(=O)OC)[C@H](c2ccccc2)n2c(s/c(=C/c3cc(Br)ccc3O[C@@H](C)CC)c2=O)=N1. The zero-order valence-corrected chi connectivity index (χ0v) is 22.5. The number of nitrogens with zero attached hydrogens (tertiary/aromatic N) is 2. The number of halogens is 1. The normalized spacial score (nSPS) is 16.5. The third kappa shape index (κ3) is 5.04. The molecule has 2 heterocycles. The molecular weight excluding hydrogens is 528 g/mol. The number of fused-ring (bicyclic) bond motifs is 1. The number of carbonyl (C=O) groups excluding carboxylic acids is 1. The van der Waals surface area contributed by atoms with E-state index in [0.29, 0.717) is 32.8 Å². The Morgan fingerprint density at radius 2 is 1.97 bits per heavy atom. The summed E-state index contributed by atoms with van der Waals surface area (Å²) in [5.74, 6) is 0.224. The van der Waals surface area contributed by atoms with Crippen LogP contribution in [0.1, 0.15) is 50.8 Å². The molecule has 6 nitrogen and oxygen atoms in total. The highest BCUT2D eigenvalue weighted by Gasteiger charge is 2.33. The molecule has 1 aliphatic heterocycles. The van der Waals surface area contributed by atoms with Crippen LogP contribution < -0.4 is 19.6 Å². The number of hydrogen-bond donors (Lipinski definition) is 0. The molecule has 1 aliphatic rings. The van der Waals surface area contributed by atoms with Gasteiger partial charge in [0.25, 0.3) is 5.56 Å². The van der Waals surface area contributed by atoms with Crippen molar-refractivity contribution in [3.05, 3.63) is 95.1 Å². The number of allylic oxidation sites excluding steroid dienone is 1. The molecule has 0 bridgehead atoms. The smallest absolute Gasteiger partial charge is 0.338 e. The van der Waals surface area contributed by atoms with Gasteiger partial charge in [-0.1, -0.05) is 71.4 Å². The Balaban J connectivity index is 1.96. The van der Waals surface area contributed by atoms with Gasteiger partial charge in [-0.05, 0) is 49.6 Å². The first kappa shape index (κ1) is 25.1. The summed E-state index contributed by atoms with van der Waals surface area (Å²) in [4.78, 5) is 31.9. The van der Waals surface area contributed by atoms with Crippen molar-refractivity contribution in [1.82, 2.24) is 4.57 Å². The molecule has 0 saturated carbocycles. The Hall–Kier alpha value is -2.97. The Bertz CT molecular complexity index is 1460. The first-order chi connectivity index (χ1) is 16.9. The van der Waals surface area contributed by atoms with Gasteiger partial charge in [-0.25, -0.2) is 9.79 Å². The predicted octanol–water partition coefficient (Wildman–Crippen LogP) is 4.74. The van der Waals surface area contributed by atoms with E-state index in [0.717, 1.165) is 22.0 Å². The number of rotatable bonds is 7. The molecule has 0 unspecified atom stereocenters. The van der Waals surface area contributed by atoms with Crippen LogP contribution in [0.5, 0.6) is 5.75 Å². The molecule has 0 spiro atoms. The zero-order valence-electron chi connectivity index (χ0n) is 20.1. The highest BCUT2D eigenvalue weighted by Crippen LogP contribution is 2.32. The minimum absolute atomic E-state index is 0.0392. The Morgan fingerprint density at radius 1 is 1.23 bits per heavy atom. The number of benzene rings is 2. The van der Waals surface area contributed by atoms with Gasteiger partial charge >= 0.3 is 5.97 Å². The summed E-state index contributed by atoms with van der Waals surface area (Å²) < 4.78 is 14.2. The van der Waals surface area contributed by atoms with E-state index in [1.165, 1.54) is 18.4 Å². The van der Waals surface area contributed by atoms with Crippen LogP contribution in [-0.2, 0) is 9.53 Å². The van der Waals surface area contributed by atoms with Crippen LogP contribution in [0.2, 0.25) is 0 Å². The highest BCUT2D eigenvalue weighted by molar-refractivity contribution is 9.10. The number of thiazole rings is 1. The number of aromatic nitrogens is 1. The minimum atomic E-state index is -0.615. The molecule has 0 radical (unpaired) electrons. The van der Waals surface area contributed by atoms with E-state index in [-0.39, 0.29) is 11.7 Å². The van der Waals surface area contributed by atoms with E-state index in [4.69, 9.17) is 14.5 Å². The Kier molecular flexibility index (Phi) is 7.72. The Labute approximate surface area is 216 Å². The molecule has 0 N–H and O–H groups in total. The van der Waals surface area contributed by atoms with Crippen LogP contribution in [0.15, 0.2) is 74.1 Å². The van der Waals surface area contributed by atoms with Crippen LogP contribution in [0.25, 0.3) is 6.08 Å². The van der Waals surface area contributed by atoms with Gasteiger partial charge in [-0.15, -0.1) is 0 Å². The topological polar surface area (TPSA) is 69.9 Å². The molecule has 35 heavy (non-hydrogen) atoms. The van der Waals surface area contributed by atoms with Crippen molar-refractivity contribution in [3.63, 3.8) is 0 Å². The van der Waals surface area contributed by atoms with Gasteiger partial charge in [0.2, 0.25) is 0 Å². The molecule has 8 heteroatoms. The summed E-state index contributed by atoms with van der Waals surface area (Å²) in [7, 11) is 1.35. The van der Waals surface area contributed by atoms with Crippen LogP contribution in [0.3, 0.4) is 0 Å². The second-order valence-corrected chi connectivity index (χ2v) is 10.1. The molecule has 2 aromatic carbocycles. The molecule has 0 saturated heterocycles. The van der Waals surface area contributed by atoms with Crippen molar-refractivity contribution in [2.75, 3.05) is 7.11 Å². The summed E-state index contributed by atoms with van der Waals surface area (Å²) in [6, 6.07) is 14.7. The second-order valence-electron chi connectivity index (χ2n) is 8.22. The molecule has 2 atom stereocenters. The molecule has 4 rings (SSSR count). The van der Waals surface area contributed by atoms with Gasteiger partial charge in [-0.3, -0.25) is 9.36 Å². The maximum atomic E-state index is 13.8. The van der Waals surface area contributed by atoms with Crippen LogP contribution in [-0.4, -0.2) is 23.8 Å². The van der Waals surface area contributed by atoms with Crippen molar-refractivity contribution >= 4 is 39.3 Å². The monoisotopic (exact) mass is 554 g/mol. The average molecular weight is 555 g/mol. The van der Waals surface area contributed by atoms with Gasteiger partial charge < -0.3 is 9.47 Å². The molecule has 0 aliphatic carbocycles. The van der Waals surface area contributed by atoms with E-state index in [9.17, 15) is 9.59 Å². The quantitative estimate of drug-likeness (QED) is 0.395. The highest BCUT2D eigenvalue weighted by atomic mass is 79.9. The Morgan fingerprint density at radius 3 is 2.63 bits per heavy atom. The van der Waals surface area contributed by atoms with Gasteiger partial charge in [-0.2, -0.15) is 0 Å². The fourth-order valence-electron chi connectivity index (χ4n) is 4.00. The summed E-state index contributed by atoms with van der Waals surface area (Å²) in [6.45, 7) is 6.02. The molecule has 0 fully saturated rings. The standard InChI is InChI=1S/C27H27BrN2O4S/c1-5-16(3)34-21-13-12-19(28)14-18(21)15-22-25(31)30-24(17-10-8-7-9-11-17)23(26(32)33-4)20(6-2)29-27(30)35-22/h7-16,24H,5-6H2,1-4H3/b22-15+/t16-,24-/m0/s1. The van der Waals surface area contributed by atoms with Crippen molar-refractivity contribution in [2.24, 2.45) is 4.99 Å². The van der Waals surface area contributed by atoms with E-state index in [2.05, 4.69) is 22.9 Å². The third-order valence-electron chi connectivity index (χ3n) is 5.93. The number of esters is 1. The fraction of sp³-hybridized carbons (Fsp3) is 0.296. The molecule has 182 valence electrons. The minimum Gasteiger partial charge on any atom is -0.490 e. The summed E-state index contributed by atoms with van der Waals surface area (Å²) in [6.07, 6.45) is 3.28. The summed E-state index contributed by atoms with van der Waals surface area (Å²) >= 11 is 4.83. The van der Waals surface area contributed by atoms with E-state index < -0.39 is 12.0 Å². The number of methoxy groups -OCH3 is 1. The maximum absolute atomic E-state index is 13.8. The van der Waals surface area contributed by atoms with E-state index in [1.807, 2.05) is 68.5 Å². The number of hydrogen-bond acceptors (Lipinski definition) is 6. The van der Waals surface area contributed by atoms with Gasteiger partial charge in [0, 0.05) is 10.0 Å². The van der Waals surface area contributed by atoms with Crippen molar-refractivity contribution in [3.8, 4) is 5.75 Å². The van der Waals surface area contributed by atoms with E-state index >= 15 is 0 Å². The van der Waals surface area contributed by atoms with Gasteiger partial charge in [0.1, 0.15) is 5.75 Å². The molecule has 0 amide bonds. The maximum Gasteiger partial charge on any atom is 0.338 e. The third-order valence-corrected chi connectivity index (χ3v) is 7.40. The largest absolute Gasteiger partial charge is 0.490 e. The molecule has 1 aromatic heterocycles. The lowest BCUT2D eigenvalue weighted by molar-refractivity contribution is -0.136. The first-order valence-corrected chi connectivity index (χ1v) is 13.1. The number of carbonyl (C=O) groups is 1. The second kappa shape index (κ2) is 10.7. The lowest BCUT2D eigenvalue weighted by atomic mass is 9.95. The van der Waals surface area contributed by atoms with Gasteiger partial charge in [0.15, 0.2) is 4.80 Å². The lowest BCUT2D eigenvalue weighted by Gasteiger charge is -2.25. The van der Waals surface area contributed by atoms with Crippen LogP contribution in [0.4, 0.5) is 0 Å². The van der Waals surface area contributed by atoms with Crippen LogP contribution in [0, 0.1) is 0 Å². The van der Waals surface area contributed by atoms with Crippen molar-refractivity contribution < 1.29 is 14.3 Å². The van der Waals surface area contributed by atoms with Crippen molar-refractivity contribution in [1.29, 1.82) is 0 Å². The van der Waals surface area contributed by atoms with E-state index in [1.54, 1.807) is 4.57 Å². The van der Waals surface area contributed by atoms with Gasteiger partial charge in [0.05, 0.1) is 35.1 Å². The molecule has 3 aromatic rings. The molecular formula is C27H27BrN2O4S. The zero-order chi connectivity index (χ0) is 25.1. The van der Waals surface area contributed by atoms with Crippen LogP contribution >= 0.6 is 27.3 Å². The predicted molar refractivity (Wildman–Crippen MR) is 141 cm³/mol. The summed E-state index contributed by atoms with van der Waals surface area (Å²) in [5.41, 5.74) is 2.42. The fourth-order valence-corrected chi connectivity index (χ4v) is 5.39. The summed E-state index contributed by atoms with van der Waals surface area (Å²) in [5, 5.41) is 0. The van der Waals surface area contributed by atoms with Crippen molar-refractivity contribution in [2.45, 2.75) is 45.8 Å². The first-order valence-electron chi connectivity index (χ1n) is 11.5. The average Bonchev–Trinajstić information content (AvgIpc) is 3.18. The number of ether oxygens (including phenoxy) is 2. The lowest BCUT2D eigenvalue weighted by Crippen LogP contribution is -2.40.